The monoisotopic (exact) mass is 412 g/mol. The highest BCUT2D eigenvalue weighted by atomic mass is 32.2. The zero-order valence-electron chi connectivity index (χ0n) is 17.7. The molecule has 0 unspecified atom stereocenters. The van der Waals surface area contributed by atoms with Crippen LogP contribution in [0.3, 0.4) is 0 Å². The summed E-state index contributed by atoms with van der Waals surface area (Å²) < 4.78 is 0. The number of hydrogen-bond donors (Lipinski definition) is 1. The van der Waals surface area contributed by atoms with E-state index in [4.69, 9.17) is 0 Å². The minimum Gasteiger partial charge on any atom is -0.354 e. The SMILES string of the molecule is CCCNC(=O)[C@H](CC)N(Cc1ccccc1)C(=O)CSCc1ccccc1C. The summed E-state index contributed by atoms with van der Waals surface area (Å²) in [5.41, 5.74) is 3.51. The van der Waals surface area contributed by atoms with Crippen molar-refractivity contribution in [2.24, 2.45) is 0 Å². The van der Waals surface area contributed by atoms with Gasteiger partial charge in [0.05, 0.1) is 5.75 Å². The average molecular weight is 413 g/mol. The zero-order chi connectivity index (χ0) is 21.1. The number of thioether (sulfide) groups is 1. The first-order chi connectivity index (χ1) is 14.1. The van der Waals surface area contributed by atoms with Crippen LogP contribution >= 0.6 is 11.8 Å². The van der Waals surface area contributed by atoms with E-state index in [9.17, 15) is 9.59 Å². The third-order valence-electron chi connectivity index (χ3n) is 4.88. The number of nitrogens with zero attached hydrogens (tertiary/aromatic N) is 1. The molecule has 1 N–H and O–H groups in total. The largest absolute Gasteiger partial charge is 0.354 e. The molecule has 0 saturated heterocycles. The van der Waals surface area contributed by atoms with Crippen LogP contribution in [0, 0.1) is 6.92 Å². The number of benzene rings is 2. The van der Waals surface area contributed by atoms with Gasteiger partial charge >= 0.3 is 0 Å². The summed E-state index contributed by atoms with van der Waals surface area (Å²) >= 11 is 1.60. The second-order valence-corrected chi connectivity index (χ2v) is 8.13. The molecule has 0 saturated carbocycles. The molecule has 2 aromatic carbocycles. The molecule has 0 aliphatic rings. The second-order valence-electron chi connectivity index (χ2n) is 7.14. The lowest BCUT2D eigenvalue weighted by molar-refractivity contribution is -0.139. The number of amides is 2. The summed E-state index contributed by atoms with van der Waals surface area (Å²) in [6.07, 6.45) is 1.47. The Kier molecular flexibility index (Phi) is 9.78. The molecular weight excluding hydrogens is 380 g/mol. The Morgan fingerprint density at radius 2 is 1.72 bits per heavy atom. The zero-order valence-corrected chi connectivity index (χ0v) is 18.5. The van der Waals surface area contributed by atoms with Crippen LogP contribution in [-0.4, -0.2) is 35.1 Å². The van der Waals surface area contributed by atoms with E-state index < -0.39 is 6.04 Å². The molecule has 0 bridgehead atoms. The Balaban J connectivity index is 2.08. The van der Waals surface area contributed by atoms with Crippen molar-refractivity contribution in [3.05, 3.63) is 71.3 Å². The van der Waals surface area contributed by atoms with Gasteiger partial charge in [-0.25, -0.2) is 0 Å². The lowest BCUT2D eigenvalue weighted by Gasteiger charge is -2.30. The van der Waals surface area contributed by atoms with Gasteiger partial charge in [-0.15, -0.1) is 11.8 Å². The Hall–Kier alpha value is -2.27. The predicted molar refractivity (Wildman–Crippen MR) is 122 cm³/mol. The van der Waals surface area contributed by atoms with Crippen LogP contribution in [0.4, 0.5) is 0 Å². The summed E-state index contributed by atoms with van der Waals surface area (Å²) in [5.74, 6) is 1.09. The number of carbonyl (C=O) groups is 2. The van der Waals surface area contributed by atoms with Crippen LogP contribution in [0.1, 0.15) is 43.4 Å². The van der Waals surface area contributed by atoms with Crippen molar-refractivity contribution >= 4 is 23.6 Å². The normalized spacial score (nSPS) is 11.7. The molecule has 0 fully saturated rings. The smallest absolute Gasteiger partial charge is 0.242 e. The summed E-state index contributed by atoms with van der Waals surface area (Å²) in [6, 6.07) is 17.7. The van der Waals surface area contributed by atoms with E-state index >= 15 is 0 Å². The Morgan fingerprint density at radius 1 is 1.03 bits per heavy atom. The van der Waals surface area contributed by atoms with Gasteiger partial charge in [-0.3, -0.25) is 9.59 Å². The summed E-state index contributed by atoms with van der Waals surface area (Å²) in [4.78, 5) is 27.6. The van der Waals surface area contributed by atoms with E-state index in [1.165, 1.54) is 11.1 Å². The van der Waals surface area contributed by atoms with Crippen molar-refractivity contribution in [3.8, 4) is 0 Å². The molecule has 29 heavy (non-hydrogen) atoms. The van der Waals surface area contributed by atoms with Crippen molar-refractivity contribution in [2.75, 3.05) is 12.3 Å². The number of hydrogen-bond acceptors (Lipinski definition) is 3. The summed E-state index contributed by atoms with van der Waals surface area (Å²) in [7, 11) is 0. The van der Waals surface area contributed by atoms with Gasteiger partial charge in [0.2, 0.25) is 11.8 Å². The highest BCUT2D eigenvalue weighted by Gasteiger charge is 2.28. The van der Waals surface area contributed by atoms with Gasteiger partial charge in [0, 0.05) is 18.8 Å². The van der Waals surface area contributed by atoms with Crippen molar-refractivity contribution in [1.82, 2.24) is 10.2 Å². The van der Waals surface area contributed by atoms with Crippen LogP contribution in [-0.2, 0) is 21.9 Å². The topological polar surface area (TPSA) is 49.4 Å². The quantitative estimate of drug-likeness (QED) is 0.588. The third kappa shape index (κ3) is 7.24. The minimum absolute atomic E-state index is 0.00550. The van der Waals surface area contributed by atoms with E-state index in [0.717, 1.165) is 17.7 Å². The van der Waals surface area contributed by atoms with Crippen LogP contribution in [0.25, 0.3) is 0 Å². The highest BCUT2D eigenvalue weighted by Crippen LogP contribution is 2.19. The van der Waals surface area contributed by atoms with Gasteiger partial charge in [-0.2, -0.15) is 0 Å². The van der Waals surface area contributed by atoms with Gasteiger partial charge in [-0.1, -0.05) is 68.4 Å². The Morgan fingerprint density at radius 3 is 2.38 bits per heavy atom. The Labute approximate surface area is 179 Å². The first kappa shape index (κ1) is 23.0. The Bertz CT molecular complexity index is 779. The van der Waals surface area contributed by atoms with Crippen molar-refractivity contribution < 1.29 is 9.59 Å². The van der Waals surface area contributed by atoms with Crippen LogP contribution < -0.4 is 5.32 Å². The van der Waals surface area contributed by atoms with Crippen molar-refractivity contribution in [3.63, 3.8) is 0 Å². The fourth-order valence-corrected chi connectivity index (χ4v) is 4.16. The molecule has 156 valence electrons. The lowest BCUT2D eigenvalue weighted by Crippen LogP contribution is -2.49. The van der Waals surface area contributed by atoms with Crippen LogP contribution in [0.5, 0.6) is 0 Å². The maximum Gasteiger partial charge on any atom is 0.242 e. The molecule has 0 aliphatic carbocycles. The molecule has 1 atom stereocenters. The number of aryl methyl sites for hydroxylation is 1. The van der Waals surface area contributed by atoms with Crippen molar-refractivity contribution in [1.29, 1.82) is 0 Å². The summed E-state index contributed by atoms with van der Waals surface area (Å²) in [5, 5.41) is 2.95. The van der Waals surface area contributed by atoms with E-state index in [1.54, 1.807) is 16.7 Å². The average Bonchev–Trinajstić information content (AvgIpc) is 2.74. The number of nitrogens with one attached hydrogen (secondary N) is 1. The molecule has 2 aromatic rings. The number of rotatable bonds is 11. The maximum atomic E-state index is 13.1. The van der Waals surface area contributed by atoms with E-state index in [0.29, 0.717) is 25.3 Å². The second kappa shape index (κ2) is 12.3. The van der Waals surface area contributed by atoms with E-state index in [2.05, 4.69) is 24.4 Å². The first-order valence-corrected chi connectivity index (χ1v) is 11.5. The fourth-order valence-electron chi connectivity index (χ4n) is 3.17. The van der Waals surface area contributed by atoms with Gasteiger partial charge in [0.25, 0.3) is 0 Å². The van der Waals surface area contributed by atoms with Gasteiger partial charge in [0.15, 0.2) is 0 Å². The molecule has 5 heteroatoms. The van der Waals surface area contributed by atoms with Gasteiger partial charge < -0.3 is 10.2 Å². The number of carbonyl (C=O) groups excluding carboxylic acids is 2. The fraction of sp³-hybridized carbons (Fsp3) is 0.417. The highest BCUT2D eigenvalue weighted by molar-refractivity contribution is 7.99. The van der Waals surface area contributed by atoms with Crippen molar-refractivity contribution in [2.45, 2.75) is 52.0 Å². The molecule has 0 radical (unpaired) electrons. The molecule has 0 spiro atoms. The van der Waals surface area contributed by atoms with Gasteiger partial charge in [-0.05, 0) is 36.5 Å². The maximum absolute atomic E-state index is 13.1. The molecule has 2 rings (SSSR count). The van der Waals surface area contributed by atoms with E-state index in [-0.39, 0.29) is 11.8 Å². The van der Waals surface area contributed by atoms with Gasteiger partial charge in [0.1, 0.15) is 6.04 Å². The predicted octanol–water partition coefficient (Wildman–Crippen LogP) is 4.56. The molecule has 2 amide bonds. The molecule has 4 nitrogen and oxygen atoms in total. The lowest BCUT2D eigenvalue weighted by atomic mass is 10.1. The van der Waals surface area contributed by atoms with Crippen LogP contribution in [0.15, 0.2) is 54.6 Å². The van der Waals surface area contributed by atoms with Crippen LogP contribution in [0.2, 0.25) is 0 Å². The third-order valence-corrected chi connectivity index (χ3v) is 5.84. The summed E-state index contributed by atoms with van der Waals surface area (Å²) in [6.45, 7) is 7.15. The minimum atomic E-state index is -0.451. The molecule has 0 aromatic heterocycles. The molecule has 0 heterocycles. The van der Waals surface area contributed by atoms with E-state index in [1.807, 2.05) is 56.3 Å². The molecule has 0 aliphatic heterocycles. The molecular formula is C24H32N2O2S. The first-order valence-electron chi connectivity index (χ1n) is 10.3. The standard InChI is InChI=1S/C24H32N2O2S/c1-4-15-25-24(28)22(5-2)26(16-20-12-7-6-8-13-20)23(27)18-29-17-21-14-10-9-11-19(21)3/h6-14,22H,4-5,15-18H2,1-3H3,(H,25,28)/t22-/m0/s1.